The van der Waals surface area contributed by atoms with Gasteiger partial charge in [0.25, 0.3) is 11.5 Å². The van der Waals surface area contributed by atoms with Gasteiger partial charge in [0.15, 0.2) is 0 Å². The molecule has 2 amide bonds. The number of alkyl halides is 2. The zero-order valence-corrected chi connectivity index (χ0v) is 14.8. The van der Waals surface area contributed by atoms with Crippen LogP contribution in [-0.2, 0) is 11.3 Å². The molecule has 0 atom stereocenters. The maximum atomic E-state index is 12.4. The van der Waals surface area contributed by atoms with Crippen molar-refractivity contribution in [2.24, 2.45) is 0 Å². The molecule has 2 aromatic rings. The standard InChI is InChI=1S/C18H19F2N3O4/c1-10-7-11(2)23-17(26)13(10)8-21-15(24)9-22-16(25)12-5-3-4-6-14(12)27-18(19)20/h3-7,18H,8-9H2,1-2H3,(H,21,24)(H,22,25)(H,23,26). The molecule has 1 aromatic heterocycles. The lowest BCUT2D eigenvalue weighted by Crippen LogP contribution is -2.37. The summed E-state index contributed by atoms with van der Waals surface area (Å²) in [5, 5.41) is 4.85. The van der Waals surface area contributed by atoms with Gasteiger partial charge in [-0.05, 0) is 37.6 Å². The first-order chi connectivity index (χ1) is 12.8. The fraction of sp³-hybridized carbons (Fsp3) is 0.278. The van der Waals surface area contributed by atoms with Crippen LogP contribution in [0.2, 0.25) is 0 Å². The summed E-state index contributed by atoms with van der Waals surface area (Å²) in [5.74, 6) is -1.55. The lowest BCUT2D eigenvalue weighted by atomic mass is 10.1. The Morgan fingerprint density at radius 1 is 1.19 bits per heavy atom. The highest BCUT2D eigenvalue weighted by Gasteiger charge is 2.16. The fourth-order valence-corrected chi connectivity index (χ4v) is 2.46. The molecule has 0 aliphatic heterocycles. The van der Waals surface area contributed by atoms with Crippen molar-refractivity contribution in [3.8, 4) is 5.75 Å². The number of halogens is 2. The molecule has 0 saturated heterocycles. The zero-order valence-electron chi connectivity index (χ0n) is 14.8. The van der Waals surface area contributed by atoms with E-state index in [1.165, 1.54) is 24.3 Å². The minimum Gasteiger partial charge on any atom is -0.434 e. The Balaban J connectivity index is 1.93. The molecule has 7 nitrogen and oxygen atoms in total. The maximum absolute atomic E-state index is 12.4. The quantitative estimate of drug-likeness (QED) is 0.681. The molecule has 0 spiro atoms. The van der Waals surface area contributed by atoms with Crippen molar-refractivity contribution in [2.75, 3.05) is 6.54 Å². The Morgan fingerprint density at radius 3 is 2.56 bits per heavy atom. The van der Waals surface area contributed by atoms with Gasteiger partial charge in [0.1, 0.15) is 5.75 Å². The summed E-state index contributed by atoms with van der Waals surface area (Å²) in [4.78, 5) is 38.6. The smallest absolute Gasteiger partial charge is 0.387 e. The largest absolute Gasteiger partial charge is 0.434 e. The lowest BCUT2D eigenvalue weighted by Gasteiger charge is -2.11. The highest BCUT2D eigenvalue weighted by Crippen LogP contribution is 2.19. The van der Waals surface area contributed by atoms with Crippen LogP contribution in [0.15, 0.2) is 35.1 Å². The molecule has 9 heteroatoms. The van der Waals surface area contributed by atoms with Crippen molar-refractivity contribution in [3.05, 3.63) is 63.1 Å². The molecule has 1 heterocycles. The minimum absolute atomic E-state index is 0.00122. The number of H-pyrrole nitrogens is 1. The van der Waals surface area contributed by atoms with Crippen LogP contribution < -0.4 is 20.9 Å². The van der Waals surface area contributed by atoms with Crippen molar-refractivity contribution in [2.45, 2.75) is 27.0 Å². The van der Waals surface area contributed by atoms with Crippen molar-refractivity contribution in [3.63, 3.8) is 0 Å². The summed E-state index contributed by atoms with van der Waals surface area (Å²) in [6.07, 6.45) is 0. The van der Waals surface area contributed by atoms with Crippen molar-refractivity contribution < 1.29 is 23.1 Å². The molecule has 0 fully saturated rings. The number of carbonyl (C=O) groups excluding carboxylic acids is 2. The van der Waals surface area contributed by atoms with Gasteiger partial charge in [0, 0.05) is 17.8 Å². The number of hydrogen-bond acceptors (Lipinski definition) is 4. The second kappa shape index (κ2) is 8.93. The molecule has 0 radical (unpaired) electrons. The lowest BCUT2D eigenvalue weighted by molar-refractivity contribution is -0.120. The first-order valence-electron chi connectivity index (χ1n) is 8.06. The number of aromatic amines is 1. The molecule has 27 heavy (non-hydrogen) atoms. The molecular weight excluding hydrogens is 360 g/mol. The Kier molecular flexibility index (Phi) is 6.64. The zero-order chi connectivity index (χ0) is 20.0. The topological polar surface area (TPSA) is 100 Å². The second-order valence-corrected chi connectivity index (χ2v) is 5.78. The van der Waals surface area contributed by atoms with Gasteiger partial charge in [-0.3, -0.25) is 14.4 Å². The third kappa shape index (κ3) is 5.63. The molecule has 0 aliphatic carbocycles. The van der Waals surface area contributed by atoms with Crippen LogP contribution in [0.5, 0.6) is 5.75 Å². The van der Waals surface area contributed by atoms with E-state index in [9.17, 15) is 23.2 Å². The third-order valence-electron chi connectivity index (χ3n) is 3.71. The predicted octanol–water partition coefficient (Wildman–Crippen LogP) is 1.64. The van der Waals surface area contributed by atoms with E-state index in [4.69, 9.17) is 0 Å². The summed E-state index contributed by atoms with van der Waals surface area (Å²) in [6, 6.07) is 7.25. The van der Waals surface area contributed by atoms with Gasteiger partial charge in [0.2, 0.25) is 5.91 Å². The molecule has 0 bridgehead atoms. The summed E-state index contributed by atoms with van der Waals surface area (Å²) in [7, 11) is 0. The molecular formula is C18H19F2N3O4. The van der Waals surface area contributed by atoms with E-state index in [1.807, 2.05) is 0 Å². The molecule has 3 N–H and O–H groups in total. The summed E-state index contributed by atoms with van der Waals surface area (Å²) in [5.41, 5.74) is 1.45. The fourth-order valence-electron chi connectivity index (χ4n) is 2.46. The summed E-state index contributed by atoms with van der Waals surface area (Å²) in [6.45, 7) is 0.0530. The number of hydrogen-bond donors (Lipinski definition) is 3. The predicted molar refractivity (Wildman–Crippen MR) is 93.8 cm³/mol. The number of pyridine rings is 1. The van der Waals surface area contributed by atoms with E-state index in [-0.39, 0.29) is 30.0 Å². The van der Waals surface area contributed by atoms with E-state index in [2.05, 4.69) is 20.4 Å². The minimum atomic E-state index is -3.07. The van der Waals surface area contributed by atoms with Gasteiger partial charge in [0.05, 0.1) is 12.1 Å². The van der Waals surface area contributed by atoms with E-state index in [1.54, 1.807) is 19.9 Å². The van der Waals surface area contributed by atoms with Gasteiger partial charge in [-0.2, -0.15) is 8.78 Å². The Labute approximate surface area is 153 Å². The Hall–Kier alpha value is -3.23. The highest BCUT2D eigenvalue weighted by molar-refractivity contribution is 5.98. The normalized spacial score (nSPS) is 10.6. The third-order valence-corrected chi connectivity index (χ3v) is 3.71. The molecule has 0 saturated carbocycles. The van der Waals surface area contributed by atoms with Crippen molar-refractivity contribution in [1.29, 1.82) is 0 Å². The number of nitrogens with one attached hydrogen (secondary N) is 3. The average Bonchev–Trinajstić information content (AvgIpc) is 2.58. The number of aryl methyl sites for hydroxylation is 2. The average molecular weight is 379 g/mol. The van der Waals surface area contributed by atoms with Crippen LogP contribution in [0.3, 0.4) is 0 Å². The van der Waals surface area contributed by atoms with Gasteiger partial charge in [-0.25, -0.2) is 0 Å². The van der Waals surface area contributed by atoms with Crippen LogP contribution >= 0.6 is 0 Å². The number of aromatic nitrogens is 1. The number of carbonyl (C=O) groups is 2. The van der Waals surface area contributed by atoms with E-state index < -0.39 is 18.4 Å². The SMILES string of the molecule is Cc1cc(C)c(CNC(=O)CNC(=O)c2ccccc2OC(F)F)c(=O)[nH]1. The van der Waals surface area contributed by atoms with Gasteiger partial charge < -0.3 is 20.4 Å². The molecule has 144 valence electrons. The van der Waals surface area contributed by atoms with Crippen LogP contribution in [0.25, 0.3) is 0 Å². The monoisotopic (exact) mass is 379 g/mol. The van der Waals surface area contributed by atoms with Gasteiger partial charge in [-0.15, -0.1) is 0 Å². The van der Waals surface area contributed by atoms with E-state index in [0.717, 1.165) is 5.56 Å². The van der Waals surface area contributed by atoms with Crippen LogP contribution in [0.1, 0.15) is 27.2 Å². The van der Waals surface area contributed by atoms with E-state index >= 15 is 0 Å². The van der Waals surface area contributed by atoms with Crippen LogP contribution in [0, 0.1) is 13.8 Å². The molecule has 1 aromatic carbocycles. The first-order valence-corrected chi connectivity index (χ1v) is 8.06. The molecule has 0 aliphatic rings. The summed E-state index contributed by atoms with van der Waals surface area (Å²) >= 11 is 0. The van der Waals surface area contributed by atoms with Crippen LogP contribution in [0.4, 0.5) is 8.78 Å². The summed E-state index contributed by atoms with van der Waals surface area (Å²) < 4.78 is 29.0. The highest BCUT2D eigenvalue weighted by atomic mass is 19.3. The Bertz CT molecular complexity index is 896. The molecule has 2 rings (SSSR count). The first kappa shape index (κ1) is 20.1. The molecule has 0 unspecified atom stereocenters. The number of rotatable bonds is 7. The van der Waals surface area contributed by atoms with Crippen molar-refractivity contribution >= 4 is 11.8 Å². The maximum Gasteiger partial charge on any atom is 0.387 e. The Morgan fingerprint density at radius 2 is 1.89 bits per heavy atom. The van der Waals surface area contributed by atoms with Gasteiger partial charge >= 0.3 is 6.61 Å². The van der Waals surface area contributed by atoms with E-state index in [0.29, 0.717) is 11.3 Å². The van der Waals surface area contributed by atoms with Crippen LogP contribution in [-0.4, -0.2) is 30.0 Å². The second-order valence-electron chi connectivity index (χ2n) is 5.78. The number of amides is 2. The number of ether oxygens (including phenoxy) is 1. The number of para-hydroxylation sites is 1. The number of benzene rings is 1. The van der Waals surface area contributed by atoms with Gasteiger partial charge in [-0.1, -0.05) is 12.1 Å². The van der Waals surface area contributed by atoms with Crippen molar-refractivity contribution in [1.82, 2.24) is 15.6 Å².